The number of nitrogens with two attached hydrogens (primary N) is 1. The van der Waals surface area contributed by atoms with E-state index in [2.05, 4.69) is 0 Å². The highest BCUT2D eigenvalue weighted by Gasteiger charge is 2.49. The molecule has 2 aromatic carbocycles. The zero-order valence-electron chi connectivity index (χ0n) is 15.5. The monoisotopic (exact) mass is 366 g/mol. The third-order valence-corrected chi connectivity index (χ3v) is 4.65. The van der Waals surface area contributed by atoms with Gasteiger partial charge in [-0.15, -0.1) is 0 Å². The summed E-state index contributed by atoms with van der Waals surface area (Å²) in [5, 5.41) is 0. The molecule has 0 bridgehead atoms. The molecule has 0 saturated heterocycles. The van der Waals surface area contributed by atoms with E-state index in [1.165, 1.54) is 4.90 Å². The minimum absolute atomic E-state index is 0.350. The minimum atomic E-state index is -0.963. The average molecular weight is 366 g/mol. The first-order chi connectivity index (χ1) is 12.7. The molecule has 1 aliphatic heterocycles. The number of fused-ring (bicyclic) bond motifs is 1. The van der Waals surface area contributed by atoms with Crippen LogP contribution in [0.25, 0.3) is 0 Å². The van der Waals surface area contributed by atoms with E-state index in [0.717, 1.165) is 0 Å². The fourth-order valence-electron chi connectivity index (χ4n) is 3.52. The lowest BCUT2D eigenvalue weighted by atomic mass is 9.80. The fraction of sp³-hybridized carbons (Fsp3) is 0.286. The number of nitrogens with zero attached hydrogens (tertiary/aromatic N) is 1. The van der Waals surface area contributed by atoms with Crippen molar-refractivity contribution in [1.29, 1.82) is 0 Å². The molecule has 2 N–H and O–H groups in total. The van der Waals surface area contributed by atoms with Gasteiger partial charge in [-0.1, -0.05) is 63.2 Å². The van der Waals surface area contributed by atoms with Crippen molar-refractivity contribution in [2.24, 2.45) is 11.1 Å². The van der Waals surface area contributed by atoms with Crippen molar-refractivity contribution in [2.45, 2.75) is 32.9 Å². The van der Waals surface area contributed by atoms with Gasteiger partial charge in [-0.2, -0.15) is 0 Å². The molecule has 0 aliphatic carbocycles. The second-order valence-corrected chi connectivity index (χ2v) is 7.60. The van der Waals surface area contributed by atoms with E-state index in [-0.39, 0.29) is 0 Å². The van der Waals surface area contributed by atoms with Gasteiger partial charge in [0.1, 0.15) is 0 Å². The Morgan fingerprint density at radius 3 is 1.85 bits per heavy atom. The molecule has 2 unspecified atom stereocenters. The van der Waals surface area contributed by atoms with Crippen LogP contribution in [0.5, 0.6) is 0 Å². The quantitative estimate of drug-likeness (QED) is 0.838. The number of hydrogen-bond donors (Lipinski definition) is 1. The predicted molar refractivity (Wildman–Crippen MR) is 100 cm³/mol. The smallest absolute Gasteiger partial charge is 0.405 e. The van der Waals surface area contributed by atoms with Gasteiger partial charge in [0.15, 0.2) is 6.10 Å². The lowest BCUT2D eigenvalue weighted by Crippen LogP contribution is -2.51. The van der Waals surface area contributed by atoms with E-state index in [4.69, 9.17) is 10.5 Å². The molecular formula is C21H22N2O4. The van der Waals surface area contributed by atoms with Gasteiger partial charge in [-0.05, 0) is 23.1 Å². The molecule has 0 aromatic heterocycles. The molecule has 2 aromatic rings. The van der Waals surface area contributed by atoms with Gasteiger partial charge in [-0.25, -0.2) is 4.79 Å². The topological polar surface area (TPSA) is 89.7 Å². The van der Waals surface area contributed by atoms with Crippen LogP contribution in [0.1, 0.15) is 53.2 Å². The number of benzene rings is 2. The van der Waals surface area contributed by atoms with Crippen LogP contribution in [0, 0.1) is 5.41 Å². The predicted octanol–water partition coefficient (Wildman–Crippen LogP) is 3.53. The highest BCUT2D eigenvalue weighted by Crippen LogP contribution is 2.40. The number of carbonyl (C=O) groups is 3. The van der Waals surface area contributed by atoms with Gasteiger partial charge in [-0.3, -0.25) is 14.5 Å². The summed E-state index contributed by atoms with van der Waals surface area (Å²) in [6.45, 7) is 5.67. The number of hydrogen-bond acceptors (Lipinski definition) is 4. The molecule has 0 fully saturated rings. The number of rotatable bonds is 4. The van der Waals surface area contributed by atoms with Crippen molar-refractivity contribution in [3.63, 3.8) is 0 Å². The summed E-state index contributed by atoms with van der Waals surface area (Å²) in [6, 6.07) is 14.9. The second-order valence-electron chi connectivity index (χ2n) is 7.60. The summed E-state index contributed by atoms with van der Waals surface area (Å²) < 4.78 is 5.43. The zero-order chi connectivity index (χ0) is 19.8. The van der Waals surface area contributed by atoms with Crippen molar-refractivity contribution in [1.82, 2.24) is 4.90 Å². The molecule has 0 saturated carbocycles. The van der Waals surface area contributed by atoms with Crippen LogP contribution in [-0.2, 0) is 4.74 Å². The minimum Gasteiger partial charge on any atom is -0.439 e. The van der Waals surface area contributed by atoms with Crippen molar-refractivity contribution >= 4 is 17.9 Å². The van der Waals surface area contributed by atoms with Crippen molar-refractivity contribution < 1.29 is 19.1 Å². The van der Waals surface area contributed by atoms with Crippen LogP contribution < -0.4 is 5.73 Å². The highest BCUT2D eigenvalue weighted by molar-refractivity contribution is 6.21. The van der Waals surface area contributed by atoms with Crippen LogP contribution in [-0.4, -0.2) is 28.8 Å². The molecular weight excluding hydrogens is 344 g/mol. The Bertz CT molecular complexity index is 852. The normalized spacial score (nSPS) is 16.0. The standard InChI is InChI=1S/C21H22N2O4/c1-21(2,3)17(16(27-20(22)26)13-9-5-4-6-10-13)23-18(24)14-11-7-8-12-15(14)19(23)25/h4-12,16-17H,1-3H3,(H2,22,26). The zero-order valence-corrected chi connectivity index (χ0v) is 15.5. The van der Waals surface area contributed by atoms with Crippen molar-refractivity contribution in [3.8, 4) is 0 Å². The SMILES string of the molecule is CC(C)(C)C(C(OC(N)=O)c1ccccc1)N1C(=O)c2ccccc2C1=O. The Morgan fingerprint density at radius 2 is 1.41 bits per heavy atom. The molecule has 27 heavy (non-hydrogen) atoms. The third-order valence-electron chi connectivity index (χ3n) is 4.65. The first-order valence-corrected chi connectivity index (χ1v) is 8.70. The number of carbonyl (C=O) groups excluding carboxylic acids is 3. The van der Waals surface area contributed by atoms with E-state index in [0.29, 0.717) is 16.7 Å². The Kier molecular flexibility index (Phi) is 4.74. The largest absolute Gasteiger partial charge is 0.439 e. The first-order valence-electron chi connectivity index (χ1n) is 8.70. The second kappa shape index (κ2) is 6.87. The summed E-state index contributed by atoms with van der Waals surface area (Å²) in [4.78, 5) is 38.9. The Morgan fingerprint density at radius 1 is 0.926 bits per heavy atom. The van der Waals surface area contributed by atoms with E-state index in [1.54, 1.807) is 48.5 Å². The van der Waals surface area contributed by atoms with Gasteiger partial charge >= 0.3 is 6.09 Å². The van der Waals surface area contributed by atoms with Gasteiger partial charge < -0.3 is 10.5 Å². The molecule has 3 rings (SSSR count). The lowest BCUT2D eigenvalue weighted by Gasteiger charge is -2.41. The van der Waals surface area contributed by atoms with Gasteiger partial charge in [0.25, 0.3) is 11.8 Å². The molecule has 0 spiro atoms. The maximum atomic E-state index is 13.1. The van der Waals surface area contributed by atoms with E-state index in [9.17, 15) is 14.4 Å². The molecule has 6 nitrogen and oxygen atoms in total. The summed E-state index contributed by atoms with van der Waals surface area (Å²) >= 11 is 0. The molecule has 0 radical (unpaired) electrons. The Hall–Kier alpha value is -3.15. The van der Waals surface area contributed by atoms with E-state index >= 15 is 0 Å². The maximum absolute atomic E-state index is 13.1. The summed E-state index contributed by atoms with van der Waals surface area (Å²) in [5.74, 6) is -0.797. The number of amides is 3. The lowest BCUT2D eigenvalue weighted by molar-refractivity contribution is -0.00617. The highest BCUT2D eigenvalue weighted by atomic mass is 16.6. The first kappa shape index (κ1) is 18.6. The van der Waals surface area contributed by atoms with Crippen LogP contribution in [0.15, 0.2) is 54.6 Å². The van der Waals surface area contributed by atoms with Gasteiger partial charge in [0.05, 0.1) is 17.2 Å². The number of imide groups is 1. The fourth-order valence-corrected chi connectivity index (χ4v) is 3.52. The molecule has 2 atom stereocenters. The third kappa shape index (κ3) is 3.43. The summed E-state index contributed by atoms with van der Waals surface area (Å²) in [5.41, 5.74) is 6.09. The molecule has 1 heterocycles. The molecule has 6 heteroatoms. The Labute approximate surface area is 157 Å². The van der Waals surface area contributed by atoms with Crippen LogP contribution in [0.4, 0.5) is 4.79 Å². The van der Waals surface area contributed by atoms with E-state index in [1.807, 2.05) is 26.8 Å². The van der Waals surface area contributed by atoms with E-state index < -0.39 is 35.5 Å². The molecule has 1 aliphatic rings. The maximum Gasteiger partial charge on any atom is 0.405 e. The van der Waals surface area contributed by atoms with Gasteiger partial charge in [0, 0.05) is 0 Å². The average Bonchev–Trinajstić information content (AvgIpc) is 2.86. The number of primary amides is 1. The molecule has 140 valence electrons. The Balaban J connectivity index is 2.13. The van der Waals surface area contributed by atoms with Crippen molar-refractivity contribution in [2.75, 3.05) is 0 Å². The van der Waals surface area contributed by atoms with Crippen LogP contribution in [0.3, 0.4) is 0 Å². The molecule has 3 amide bonds. The van der Waals surface area contributed by atoms with Crippen LogP contribution in [0.2, 0.25) is 0 Å². The summed E-state index contributed by atoms with van der Waals surface area (Å²) in [6.07, 6.45) is -1.85. The summed E-state index contributed by atoms with van der Waals surface area (Å²) in [7, 11) is 0. The van der Waals surface area contributed by atoms with Crippen LogP contribution >= 0.6 is 0 Å². The van der Waals surface area contributed by atoms with Crippen molar-refractivity contribution in [3.05, 3.63) is 71.3 Å². The number of ether oxygens (including phenoxy) is 1. The van der Waals surface area contributed by atoms with Gasteiger partial charge in [0.2, 0.25) is 0 Å².